The number of nitrogens with two attached hydrogens (primary N) is 1. The van der Waals surface area contributed by atoms with Gasteiger partial charge in [-0.3, -0.25) is 4.79 Å². The molecule has 0 unspecified atom stereocenters. The van der Waals surface area contributed by atoms with Crippen molar-refractivity contribution in [1.29, 1.82) is 0 Å². The molecular weight excluding hydrogens is 582 g/mol. The van der Waals surface area contributed by atoms with Crippen LogP contribution in [0, 0.1) is 5.92 Å². The van der Waals surface area contributed by atoms with Crippen molar-refractivity contribution in [2.24, 2.45) is 11.7 Å². The van der Waals surface area contributed by atoms with Gasteiger partial charge >= 0.3 is 5.97 Å². The number of esters is 1. The highest BCUT2D eigenvalue weighted by atomic mass is 16.6. The van der Waals surface area contributed by atoms with Crippen LogP contribution in [-0.2, 0) is 32.0 Å². The topological polar surface area (TPSA) is 105 Å². The first kappa shape index (κ1) is 33.7. The Labute approximate surface area is 273 Å². The lowest BCUT2D eigenvalue weighted by Crippen LogP contribution is -2.52. The number of piperidine rings is 1. The predicted molar refractivity (Wildman–Crippen MR) is 180 cm³/mol. The van der Waals surface area contributed by atoms with Gasteiger partial charge < -0.3 is 39.6 Å². The summed E-state index contributed by atoms with van der Waals surface area (Å²) in [6.45, 7) is 10.6. The quantitative estimate of drug-likeness (QED) is 0.178. The van der Waals surface area contributed by atoms with E-state index in [0.717, 1.165) is 66.6 Å². The minimum atomic E-state index is -0.693. The average Bonchev–Trinajstić information content (AvgIpc) is 3.08. The maximum Gasteiger partial charge on any atom is 0.323 e. The van der Waals surface area contributed by atoms with E-state index < -0.39 is 18.1 Å². The smallest absolute Gasteiger partial charge is 0.323 e. The number of methoxy groups -OCH3 is 1. The molecule has 2 heterocycles. The fourth-order valence-electron chi connectivity index (χ4n) is 6.00. The highest BCUT2D eigenvalue weighted by molar-refractivity contribution is 5.76. The molecular formula is C37H49N3O6. The molecule has 5 rings (SSSR count). The summed E-state index contributed by atoms with van der Waals surface area (Å²) in [6, 6.07) is 21.7. The summed E-state index contributed by atoms with van der Waals surface area (Å²) in [5.41, 5.74) is 10.6. The van der Waals surface area contributed by atoms with Gasteiger partial charge in [0, 0.05) is 39.3 Å². The average molecular weight is 632 g/mol. The van der Waals surface area contributed by atoms with Crippen LogP contribution in [0.5, 0.6) is 17.2 Å². The van der Waals surface area contributed by atoms with E-state index >= 15 is 0 Å². The molecule has 9 heteroatoms. The van der Waals surface area contributed by atoms with Gasteiger partial charge in [0.25, 0.3) is 0 Å². The number of carbonyl (C=O) groups excluding carboxylic acids is 1. The van der Waals surface area contributed by atoms with Crippen LogP contribution >= 0.6 is 0 Å². The van der Waals surface area contributed by atoms with Gasteiger partial charge in [-0.1, -0.05) is 51.1 Å². The molecule has 0 radical (unpaired) electrons. The van der Waals surface area contributed by atoms with Crippen molar-refractivity contribution in [2.45, 2.75) is 64.4 Å². The van der Waals surface area contributed by atoms with Crippen LogP contribution in [-0.4, -0.2) is 70.7 Å². The number of ether oxygens (including phenoxy) is 5. The van der Waals surface area contributed by atoms with Crippen LogP contribution < -0.4 is 25.4 Å². The number of rotatable bonds is 14. The normalized spacial score (nSPS) is 20.1. The summed E-state index contributed by atoms with van der Waals surface area (Å²) in [5.74, 6) is 1.79. The molecule has 2 aliphatic heterocycles. The zero-order valence-corrected chi connectivity index (χ0v) is 27.6. The molecule has 1 saturated heterocycles. The monoisotopic (exact) mass is 631 g/mol. The van der Waals surface area contributed by atoms with E-state index in [1.807, 2.05) is 56.3 Å². The molecule has 3 aromatic carbocycles. The third-order valence-electron chi connectivity index (χ3n) is 8.81. The van der Waals surface area contributed by atoms with Crippen LogP contribution in [0.15, 0.2) is 66.7 Å². The molecule has 2 aliphatic rings. The summed E-state index contributed by atoms with van der Waals surface area (Å²) in [7, 11) is 1.73. The number of hydrogen-bond donors (Lipinski definition) is 2. The molecule has 0 bridgehead atoms. The molecule has 0 saturated carbocycles. The van der Waals surface area contributed by atoms with Crippen molar-refractivity contribution in [3.8, 4) is 17.2 Å². The van der Waals surface area contributed by atoms with E-state index in [2.05, 4.69) is 41.4 Å². The van der Waals surface area contributed by atoms with Crippen molar-refractivity contribution in [1.82, 2.24) is 5.32 Å². The second-order valence-electron chi connectivity index (χ2n) is 12.4. The van der Waals surface area contributed by atoms with E-state index in [9.17, 15) is 4.79 Å². The molecule has 4 atom stereocenters. The Hall–Kier alpha value is -3.63. The van der Waals surface area contributed by atoms with E-state index in [-0.39, 0.29) is 17.9 Å². The van der Waals surface area contributed by atoms with Gasteiger partial charge in [-0.05, 0) is 71.8 Å². The summed E-state index contributed by atoms with van der Waals surface area (Å²) in [5, 5.41) is 3.43. The third-order valence-corrected chi connectivity index (χ3v) is 8.81. The van der Waals surface area contributed by atoms with Gasteiger partial charge in [0.15, 0.2) is 0 Å². The Kier molecular flexibility index (Phi) is 11.9. The van der Waals surface area contributed by atoms with Crippen molar-refractivity contribution in [3.63, 3.8) is 0 Å². The van der Waals surface area contributed by atoms with E-state index in [1.54, 1.807) is 7.11 Å². The van der Waals surface area contributed by atoms with Gasteiger partial charge in [0.1, 0.15) is 36.0 Å². The van der Waals surface area contributed by atoms with Crippen molar-refractivity contribution < 1.29 is 28.5 Å². The zero-order valence-electron chi connectivity index (χ0n) is 27.6. The van der Waals surface area contributed by atoms with Crippen molar-refractivity contribution in [3.05, 3.63) is 83.4 Å². The summed E-state index contributed by atoms with van der Waals surface area (Å²) < 4.78 is 30.0. The maximum atomic E-state index is 13.0. The molecule has 46 heavy (non-hydrogen) atoms. The second-order valence-corrected chi connectivity index (χ2v) is 12.4. The highest BCUT2D eigenvalue weighted by Gasteiger charge is 2.39. The maximum absolute atomic E-state index is 13.0. The van der Waals surface area contributed by atoms with Crippen molar-refractivity contribution in [2.75, 3.05) is 51.4 Å². The van der Waals surface area contributed by atoms with Crippen molar-refractivity contribution >= 4 is 11.7 Å². The first-order chi connectivity index (χ1) is 22.4. The molecule has 3 N–H and O–H groups in total. The van der Waals surface area contributed by atoms with Crippen LogP contribution in [0.3, 0.4) is 0 Å². The molecule has 0 spiro atoms. The van der Waals surface area contributed by atoms with E-state index in [4.69, 9.17) is 29.4 Å². The second kappa shape index (κ2) is 16.3. The largest absolute Gasteiger partial charge is 0.490 e. The minimum Gasteiger partial charge on any atom is -0.490 e. The van der Waals surface area contributed by atoms with Crippen LogP contribution in [0.1, 0.15) is 49.8 Å². The lowest BCUT2D eigenvalue weighted by Gasteiger charge is -2.39. The number of fused-ring (bicyclic) bond motifs is 1. The Morgan fingerprint density at radius 2 is 1.70 bits per heavy atom. The predicted octanol–water partition coefficient (Wildman–Crippen LogP) is 5.44. The Morgan fingerprint density at radius 1 is 1.00 bits per heavy atom. The number of nitrogens with one attached hydrogen (secondary N) is 1. The number of benzene rings is 3. The zero-order chi connectivity index (χ0) is 32.5. The lowest BCUT2D eigenvalue weighted by atomic mass is 9.85. The third kappa shape index (κ3) is 8.59. The van der Waals surface area contributed by atoms with E-state index in [0.29, 0.717) is 26.3 Å². The molecule has 0 aromatic heterocycles. The number of aryl methyl sites for hydroxylation is 1. The number of carbonyl (C=O) groups is 1. The fraction of sp³-hybridized carbons (Fsp3) is 0.486. The molecule has 0 aliphatic carbocycles. The van der Waals surface area contributed by atoms with Gasteiger partial charge in [0.05, 0.1) is 24.9 Å². The molecule has 0 amide bonds. The van der Waals surface area contributed by atoms with Gasteiger partial charge in [-0.2, -0.15) is 0 Å². The summed E-state index contributed by atoms with van der Waals surface area (Å²) in [6.07, 6.45) is 1.23. The first-order valence-corrected chi connectivity index (χ1v) is 16.5. The number of nitrogens with zero attached hydrogens (tertiary/aromatic N) is 1. The summed E-state index contributed by atoms with van der Waals surface area (Å²) >= 11 is 0. The Morgan fingerprint density at radius 3 is 2.39 bits per heavy atom. The van der Waals surface area contributed by atoms with Crippen LogP contribution in [0.4, 0.5) is 5.69 Å². The highest BCUT2D eigenvalue weighted by Crippen LogP contribution is 2.35. The lowest BCUT2D eigenvalue weighted by molar-refractivity contribution is -0.157. The Balaban J connectivity index is 1.33. The summed E-state index contributed by atoms with van der Waals surface area (Å²) in [4.78, 5) is 15.4. The van der Waals surface area contributed by atoms with Gasteiger partial charge in [0.2, 0.25) is 0 Å². The van der Waals surface area contributed by atoms with Crippen LogP contribution in [0.2, 0.25) is 0 Å². The molecule has 248 valence electrons. The standard InChI is InChI=1S/C37H49N3O6/c1-5-26-7-12-29(13-8-26)45-30-14-10-28(11-15-30)35-33(22-39-23-34(35)46-37(41)36(38)25(2)3)44-24-27-9-16-32-31(21-27)40(18-20-43-32)17-6-19-42-4/h7-16,21,25,33-36,39H,5-6,17-20,22-24,38H2,1-4H3/t33-,34+,35+,36-/m0/s1. The number of hydrogen-bond acceptors (Lipinski definition) is 9. The van der Waals surface area contributed by atoms with E-state index in [1.165, 1.54) is 5.56 Å². The van der Waals surface area contributed by atoms with Crippen LogP contribution in [0.25, 0.3) is 0 Å². The Bertz CT molecular complexity index is 1400. The SMILES string of the molecule is CCc1ccc(Oc2ccc([C@@H]3[C@@H](OCc4ccc5c(c4)N(CCCOC)CCO5)CNC[C@H]3OC(=O)[C@@H](N)C(C)C)cc2)cc1. The van der Waals surface area contributed by atoms with Gasteiger partial charge in [-0.25, -0.2) is 0 Å². The first-order valence-electron chi connectivity index (χ1n) is 16.5. The molecule has 1 fully saturated rings. The number of anilines is 1. The minimum absolute atomic E-state index is 0.0283. The molecule has 9 nitrogen and oxygen atoms in total. The van der Waals surface area contributed by atoms with Gasteiger partial charge in [-0.15, -0.1) is 0 Å². The fourth-order valence-corrected chi connectivity index (χ4v) is 6.00. The molecule has 3 aromatic rings.